The second-order valence-corrected chi connectivity index (χ2v) is 6.83. The van der Waals surface area contributed by atoms with Crippen molar-refractivity contribution in [1.29, 1.82) is 0 Å². The number of hydrogen-bond acceptors (Lipinski definition) is 3. The molecular weight excluding hydrogens is 307 g/mol. The fourth-order valence-electron chi connectivity index (χ4n) is 2.95. The van der Waals surface area contributed by atoms with Crippen molar-refractivity contribution in [3.05, 3.63) is 45.2 Å². The molecule has 0 bridgehead atoms. The highest BCUT2D eigenvalue weighted by Crippen LogP contribution is 2.40. The molecule has 0 saturated carbocycles. The molecule has 2 heterocycles. The Labute approximate surface area is 130 Å². The summed E-state index contributed by atoms with van der Waals surface area (Å²) in [6.07, 6.45) is 3.33. The standard InChI is InChI=1S/C16H12ClFN2S/c1-8-5-9(7-10(18)6-8)15-19-14(17)13-11-3-2-4-12(11)21-16(13)20-15/h5-7H,2-4H2,1H3. The van der Waals surface area contributed by atoms with Gasteiger partial charge in [-0.3, -0.25) is 0 Å². The lowest BCUT2D eigenvalue weighted by Crippen LogP contribution is -1.92. The van der Waals surface area contributed by atoms with Crippen LogP contribution in [-0.4, -0.2) is 9.97 Å². The summed E-state index contributed by atoms with van der Waals surface area (Å²) in [5.74, 6) is 0.216. The van der Waals surface area contributed by atoms with E-state index in [1.165, 1.54) is 29.0 Å². The van der Waals surface area contributed by atoms with Crippen molar-refractivity contribution in [3.8, 4) is 11.4 Å². The Morgan fingerprint density at radius 3 is 2.86 bits per heavy atom. The Kier molecular flexibility index (Phi) is 2.98. The number of halogens is 2. The summed E-state index contributed by atoms with van der Waals surface area (Å²) < 4.78 is 13.6. The minimum Gasteiger partial charge on any atom is -0.217 e. The first-order valence-electron chi connectivity index (χ1n) is 6.87. The number of hydrogen-bond donors (Lipinski definition) is 0. The molecule has 0 unspecified atom stereocenters. The molecule has 106 valence electrons. The molecule has 2 nitrogen and oxygen atoms in total. The molecule has 0 aliphatic heterocycles. The number of benzene rings is 1. The van der Waals surface area contributed by atoms with Gasteiger partial charge < -0.3 is 0 Å². The van der Waals surface area contributed by atoms with Gasteiger partial charge in [0.15, 0.2) is 5.82 Å². The zero-order valence-corrected chi connectivity index (χ0v) is 13.0. The molecule has 1 aliphatic rings. The van der Waals surface area contributed by atoms with Gasteiger partial charge in [-0.1, -0.05) is 11.6 Å². The summed E-state index contributed by atoms with van der Waals surface area (Å²) in [4.78, 5) is 11.3. The lowest BCUT2D eigenvalue weighted by Gasteiger charge is -2.04. The molecule has 0 amide bonds. The van der Waals surface area contributed by atoms with Gasteiger partial charge in [0.25, 0.3) is 0 Å². The molecule has 1 aromatic carbocycles. The number of nitrogens with zero attached hydrogens (tertiary/aromatic N) is 2. The number of aromatic nitrogens is 2. The normalized spacial score (nSPS) is 13.9. The van der Waals surface area contributed by atoms with E-state index >= 15 is 0 Å². The lowest BCUT2D eigenvalue weighted by molar-refractivity contribution is 0.627. The predicted octanol–water partition coefficient (Wildman–Crippen LogP) is 4.95. The molecule has 0 radical (unpaired) electrons. The van der Waals surface area contributed by atoms with Gasteiger partial charge in [-0.15, -0.1) is 11.3 Å². The maximum atomic E-state index is 13.6. The largest absolute Gasteiger partial charge is 0.217 e. The zero-order chi connectivity index (χ0) is 14.6. The predicted molar refractivity (Wildman–Crippen MR) is 84.6 cm³/mol. The van der Waals surface area contributed by atoms with Crippen LogP contribution in [0.3, 0.4) is 0 Å². The Hall–Kier alpha value is -1.52. The van der Waals surface area contributed by atoms with Gasteiger partial charge in [-0.05, 0) is 55.5 Å². The first-order valence-corrected chi connectivity index (χ1v) is 8.06. The molecular formula is C16H12ClFN2S. The van der Waals surface area contributed by atoms with E-state index in [9.17, 15) is 4.39 Å². The van der Waals surface area contributed by atoms with Gasteiger partial charge in [0.2, 0.25) is 0 Å². The first-order chi connectivity index (χ1) is 10.1. The Morgan fingerprint density at radius 1 is 1.19 bits per heavy atom. The molecule has 0 atom stereocenters. The minimum atomic E-state index is -0.279. The van der Waals surface area contributed by atoms with E-state index in [4.69, 9.17) is 11.6 Å². The lowest BCUT2D eigenvalue weighted by atomic mass is 10.1. The maximum Gasteiger partial charge on any atom is 0.162 e. The summed E-state index contributed by atoms with van der Waals surface area (Å²) >= 11 is 8.07. The fraction of sp³-hybridized carbons (Fsp3) is 0.250. The second kappa shape index (κ2) is 4.75. The third-order valence-corrected chi connectivity index (χ3v) is 5.28. The third kappa shape index (κ3) is 2.14. The Balaban J connectivity index is 1.94. The van der Waals surface area contributed by atoms with Crippen LogP contribution in [0.5, 0.6) is 0 Å². The van der Waals surface area contributed by atoms with Crippen molar-refractivity contribution in [2.24, 2.45) is 0 Å². The van der Waals surface area contributed by atoms with Crippen LogP contribution in [0, 0.1) is 12.7 Å². The van der Waals surface area contributed by atoms with Crippen LogP contribution < -0.4 is 0 Å². The van der Waals surface area contributed by atoms with Crippen LogP contribution >= 0.6 is 22.9 Å². The highest BCUT2D eigenvalue weighted by atomic mass is 35.5. The summed E-state index contributed by atoms with van der Waals surface area (Å²) in [6.45, 7) is 1.85. The van der Waals surface area contributed by atoms with Crippen molar-refractivity contribution in [3.63, 3.8) is 0 Å². The van der Waals surface area contributed by atoms with E-state index in [1.807, 2.05) is 13.0 Å². The minimum absolute atomic E-state index is 0.279. The molecule has 0 saturated heterocycles. The smallest absolute Gasteiger partial charge is 0.162 e. The maximum absolute atomic E-state index is 13.6. The Bertz CT molecular complexity index is 852. The van der Waals surface area contributed by atoms with Gasteiger partial charge in [0.1, 0.15) is 15.8 Å². The average Bonchev–Trinajstić information content (AvgIpc) is 2.96. The molecule has 0 spiro atoms. The molecule has 2 aromatic heterocycles. The molecule has 4 rings (SSSR count). The van der Waals surface area contributed by atoms with Gasteiger partial charge >= 0.3 is 0 Å². The van der Waals surface area contributed by atoms with Crippen molar-refractivity contribution in [2.45, 2.75) is 26.2 Å². The van der Waals surface area contributed by atoms with Gasteiger partial charge in [-0.2, -0.15) is 0 Å². The average molecular weight is 319 g/mol. The highest BCUT2D eigenvalue weighted by Gasteiger charge is 2.22. The summed E-state index contributed by atoms with van der Waals surface area (Å²) in [7, 11) is 0. The van der Waals surface area contributed by atoms with E-state index in [0.717, 1.165) is 28.6 Å². The van der Waals surface area contributed by atoms with Gasteiger partial charge in [0.05, 0.1) is 5.39 Å². The molecule has 1 aliphatic carbocycles. The monoisotopic (exact) mass is 318 g/mol. The number of thiophene rings is 1. The van der Waals surface area contributed by atoms with Crippen LogP contribution in [0.25, 0.3) is 21.6 Å². The quantitative estimate of drug-likeness (QED) is 0.593. The summed E-state index contributed by atoms with van der Waals surface area (Å²) in [5, 5.41) is 1.47. The third-order valence-electron chi connectivity index (χ3n) is 3.82. The van der Waals surface area contributed by atoms with Crippen LogP contribution in [0.2, 0.25) is 5.15 Å². The SMILES string of the molecule is Cc1cc(F)cc(-c2nc(Cl)c3c4c(sc3n2)CCC4)c1. The number of rotatable bonds is 1. The molecule has 21 heavy (non-hydrogen) atoms. The molecule has 0 N–H and O–H groups in total. The van der Waals surface area contributed by atoms with E-state index in [2.05, 4.69) is 9.97 Å². The van der Waals surface area contributed by atoms with Gasteiger partial charge in [0, 0.05) is 10.4 Å². The first kappa shape index (κ1) is 13.2. The van der Waals surface area contributed by atoms with E-state index in [-0.39, 0.29) is 5.82 Å². The van der Waals surface area contributed by atoms with Crippen molar-refractivity contribution >= 4 is 33.2 Å². The fourth-order valence-corrected chi connectivity index (χ4v) is 4.55. The number of fused-ring (bicyclic) bond motifs is 3. The van der Waals surface area contributed by atoms with E-state index < -0.39 is 0 Å². The van der Waals surface area contributed by atoms with E-state index in [1.54, 1.807) is 11.3 Å². The highest BCUT2D eigenvalue weighted by molar-refractivity contribution is 7.19. The van der Waals surface area contributed by atoms with Crippen molar-refractivity contribution in [2.75, 3.05) is 0 Å². The van der Waals surface area contributed by atoms with Gasteiger partial charge in [-0.25, -0.2) is 14.4 Å². The van der Waals surface area contributed by atoms with Crippen molar-refractivity contribution < 1.29 is 4.39 Å². The van der Waals surface area contributed by atoms with Crippen LogP contribution in [0.4, 0.5) is 4.39 Å². The zero-order valence-electron chi connectivity index (χ0n) is 11.4. The van der Waals surface area contributed by atoms with Crippen LogP contribution in [0.1, 0.15) is 22.4 Å². The Morgan fingerprint density at radius 2 is 2.05 bits per heavy atom. The summed E-state index contributed by atoms with van der Waals surface area (Å²) in [5.41, 5.74) is 2.82. The van der Waals surface area contributed by atoms with Crippen molar-refractivity contribution in [1.82, 2.24) is 9.97 Å². The second-order valence-electron chi connectivity index (χ2n) is 5.39. The topological polar surface area (TPSA) is 25.8 Å². The van der Waals surface area contributed by atoms with E-state index in [0.29, 0.717) is 16.5 Å². The number of aryl methyl sites for hydroxylation is 3. The molecule has 3 aromatic rings. The molecule has 5 heteroatoms. The summed E-state index contributed by atoms with van der Waals surface area (Å²) in [6, 6.07) is 4.82. The van der Waals surface area contributed by atoms with Crippen LogP contribution in [-0.2, 0) is 12.8 Å². The molecule has 0 fully saturated rings. The van der Waals surface area contributed by atoms with Crippen LogP contribution in [0.15, 0.2) is 18.2 Å².